The second-order valence-electron chi connectivity index (χ2n) is 4.37. The number of thiocarbonyl (C=S) groups is 1. The Balaban J connectivity index is 2.22. The minimum Gasteiger partial charge on any atom is -0.464 e. The molecule has 5 nitrogen and oxygen atoms in total. The molecule has 0 amide bonds. The molecule has 0 bridgehead atoms. The highest BCUT2D eigenvalue weighted by atomic mass is 32.1. The minimum absolute atomic E-state index is 0.192. The largest absolute Gasteiger partial charge is 0.464 e. The Morgan fingerprint density at radius 1 is 1.68 bits per heavy atom. The number of hydrogen-bond acceptors (Lipinski definition) is 5. The van der Waals surface area contributed by atoms with Crippen molar-refractivity contribution in [3.8, 4) is 0 Å². The van der Waals surface area contributed by atoms with E-state index in [1.165, 1.54) is 0 Å². The van der Waals surface area contributed by atoms with Crippen molar-refractivity contribution < 1.29 is 9.53 Å². The Hall–Kier alpha value is -1.69. The Kier molecular flexibility index (Phi) is 4.31. The highest BCUT2D eigenvalue weighted by Crippen LogP contribution is 2.25. The first-order valence-corrected chi connectivity index (χ1v) is 6.73. The van der Waals surface area contributed by atoms with Crippen molar-refractivity contribution in [1.29, 1.82) is 0 Å². The molecule has 0 aromatic carbocycles. The molecule has 102 valence electrons. The number of ether oxygens (including phenoxy) is 1. The third-order valence-electron chi connectivity index (χ3n) is 3.14. The van der Waals surface area contributed by atoms with Crippen molar-refractivity contribution in [3.05, 3.63) is 23.9 Å². The first-order chi connectivity index (χ1) is 9.13. The second kappa shape index (κ2) is 5.97. The molecule has 1 aromatic heterocycles. The normalized spacial score (nSPS) is 18.4. The van der Waals surface area contributed by atoms with Crippen LogP contribution in [-0.4, -0.2) is 35.1 Å². The molecular weight excluding hydrogens is 262 g/mol. The van der Waals surface area contributed by atoms with Crippen molar-refractivity contribution in [3.63, 3.8) is 0 Å². The van der Waals surface area contributed by atoms with E-state index >= 15 is 0 Å². The number of nitrogens with two attached hydrogens (primary N) is 1. The molecule has 0 aliphatic carbocycles. The van der Waals surface area contributed by atoms with Gasteiger partial charge in [0, 0.05) is 18.3 Å². The van der Waals surface area contributed by atoms with E-state index in [-0.39, 0.29) is 12.0 Å². The van der Waals surface area contributed by atoms with Crippen molar-refractivity contribution in [1.82, 2.24) is 4.98 Å². The molecule has 2 N–H and O–H groups in total. The van der Waals surface area contributed by atoms with Gasteiger partial charge >= 0.3 is 5.97 Å². The number of pyridine rings is 1. The lowest BCUT2D eigenvalue weighted by Crippen LogP contribution is -2.38. The van der Waals surface area contributed by atoms with Gasteiger partial charge in [-0.1, -0.05) is 12.2 Å². The maximum absolute atomic E-state index is 11.9. The molecule has 6 heteroatoms. The lowest BCUT2D eigenvalue weighted by Gasteiger charge is -2.24. The molecule has 1 aliphatic rings. The number of carbonyl (C=O) groups excluding carboxylic acids is 1. The van der Waals surface area contributed by atoms with Crippen LogP contribution in [-0.2, 0) is 9.53 Å². The molecule has 0 spiro atoms. The zero-order chi connectivity index (χ0) is 13.8. The van der Waals surface area contributed by atoms with Gasteiger partial charge in [-0.2, -0.15) is 0 Å². The van der Waals surface area contributed by atoms with Crippen LogP contribution in [0.15, 0.2) is 18.3 Å². The number of hydrogen-bond donors (Lipinski definition) is 1. The fourth-order valence-corrected chi connectivity index (χ4v) is 2.38. The van der Waals surface area contributed by atoms with E-state index in [4.69, 9.17) is 22.7 Å². The van der Waals surface area contributed by atoms with Crippen LogP contribution in [0.3, 0.4) is 0 Å². The van der Waals surface area contributed by atoms with Crippen molar-refractivity contribution >= 4 is 29.0 Å². The van der Waals surface area contributed by atoms with Crippen LogP contribution >= 0.6 is 12.2 Å². The maximum atomic E-state index is 11.9. The van der Waals surface area contributed by atoms with Gasteiger partial charge in [0.1, 0.15) is 16.8 Å². The van der Waals surface area contributed by atoms with Gasteiger partial charge in [-0.25, -0.2) is 9.78 Å². The van der Waals surface area contributed by atoms with E-state index in [0.29, 0.717) is 11.6 Å². The summed E-state index contributed by atoms with van der Waals surface area (Å²) in [6, 6.07) is 3.33. The van der Waals surface area contributed by atoms with Gasteiger partial charge < -0.3 is 15.4 Å². The fraction of sp³-hybridized carbons (Fsp3) is 0.462. The predicted molar refractivity (Wildman–Crippen MR) is 77.1 cm³/mol. The smallest absolute Gasteiger partial charge is 0.328 e. The first kappa shape index (κ1) is 13.7. The van der Waals surface area contributed by atoms with Crippen LogP contribution in [0, 0.1) is 0 Å². The number of carbonyl (C=O) groups is 1. The summed E-state index contributed by atoms with van der Waals surface area (Å²) >= 11 is 4.96. The van der Waals surface area contributed by atoms with E-state index in [2.05, 4.69) is 4.98 Å². The van der Waals surface area contributed by atoms with Crippen molar-refractivity contribution in [2.75, 3.05) is 18.1 Å². The quantitative estimate of drug-likeness (QED) is 0.661. The van der Waals surface area contributed by atoms with E-state index in [1.807, 2.05) is 17.9 Å². The zero-order valence-corrected chi connectivity index (χ0v) is 11.7. The maximum Gasteiger partial charge on any atom is 0.328 e. The van der Waals surface area contributed by atoms with E-state index in [0.717, 1.165) is 30.8 Å². The first-order valence-electron chi connectivity index (χ1n) is 6.32. The third kappa shape index (κ3) is 3.01. The highest BCUT2D eigenvalue weighted by molar-refractivity contribution is 7.80. The summed E-state index contributed by atoms with van der Waals surface area (Å²) in [5.74, 6) is 0.531. The summed E-state index contributed by atoms with van der Waals surface area (Å²) in [4.78, 5) is 18.5. The summed E-state index contributed by atoms with van der Waals surface area (Å²) in [6.45, 7) is 2.99. The molecule has 1 saturated heterocycles. The number of esters is 1. The van der Waals surface area contributed by atoms with E-state index in [9.17, 15) is 4.79 Å². The van der Waals surface area contributed by atoms with Crippen LogP contribution < -0.4 is 10.6 Å². The monoisotopic (exact) mass is 279 g/mol. The van der Waals surface area contributed by atoms with Gasteiger partial charge in [0.25, 0.3) is 0 Å². The third-order valence-corrected chi connectivity index (χ3v) is 3.37. The molecule has 1 atom stereocenters. The van der Waals surface area contributed by atoms with Crippen LogP contribution in [0.4, 0.5) is 5.82 Å². The van der Waals surface area contributed by atoms with E-state index in [1.54, 1.807) is 12.3 Å². The van der Waals surface area contributed by atoms with Crippen LogP contribution in [0.2, 0.25) is 0 Å². The summed E-state index contributed by atoms with van der Waals surface area (Å²) in [6.07, 6.45) is 3.39. The van der Waals surface area contributed by atoms with Gasteiger partial charge in [0.2, 0.25) is 0 Å². The number of aromatic nitrogens is 1. The lowest BCUT2D eigenvalue weighted by atomic mass is 10.2. The van der Waals surface area contributed by atoms with Crippen molar-refractivity contribution in [2.24, 2.45) is 5.73 Å². The number of rotatable bonds is 4. The van der Waals surface area contributed by atoms with Gasteiger partial charge in [-0.3, -0.25) is 0 Å². The summed E-state index contributed by atoms with van der Waals surface area (Å²) in [7, 11) is 0. The Morgan fingerprint density at radius 2 is 2.47 bits per heavy atom. The van der Waals surface area contributed by atoms with Gasteiger partial charge in [-0.05, 0) is 31.9 Å². The van der Waals surface area contributed by atoms with E-state index < -0.39 is 0 Å². The summed E-state index contributed by atoms with van der Waals surface area (Å²) in [5.41, 5.74) is 6.38. The molecule has 2 rings (SSSR count). The zero-order valence-electron chi connectivity index (χ0n) is 10.8. The standard InChI is InChI=1S/C13H17N3O2S/c1-2-18-13(17)10-4-3-7-16(10)11-8-9(12(14)19)5-6-15-11/h5-6,8,10H,2-4,7H2,1H3,(H2,14,19). The van der Waals surface area contributed by atoms with Gasteiger partial charge in [0.15, 0.2) is 0 Å². The number of anilines is 1. The summed E-state index contributed by atoms with van der Waals surface area (Å²) in [5, 5.41) is 0. The molecular formula is C13H17N3O2S. The molecule has 1 aromatic rings. The summed E-state index contributed by atoms with van der Waals surface area (Å²) < 4.78 is 5.10. The number of nitrogens with zero attached hydrogens (tertiary/aromatic N) is 2. The van der Waals surface area contributed by atoms with Crippen LogP contribution in [0.5, 0.6) is 0 Å². The molecule has 19 heavy (non-hydrogen) atoms. The second-order valence-corrected chi connectivity index (χ2v) is 4.81. The lowest BCUT2D eigenvalue weighted by molar-refractivity contribution is -0.144. The molecule has 0 saturated carbocycles. The van der Waals surface area contributed by atoms with Gasteiger partial charge in [-0.15, -0.1) is 0 Å². The molecule has 1 fully saturated rings. The SMILES string of the molecule is CCOC(=O)C1CCCN1c1cc(C(N)=S)ccn1. The minimum atomic E-state index is -0.256. The van der Waals surface area contributed by atoms with Crippen molar-refractivity contribution in [2.45, 2.75) is 25.8 Å². The van der Waals surface area contributed by atoms with Gasteiger partial charge in [0.05, 0.1) is 6.61 Å². The fourth-order valence-electron chi connectivity index (χ4n) is 2.25. The van der Waals surface area contributed by atoms with Crippen LogP contribution in [0.25, 0.3) is 0 Å². The Morgan fingerprint density at radius 3 is 3.16 bits per heavy atom. The predicted octanol–water partition coefficient (Wildman–Crippen LogP) is 1.25. The highest BCUT2D eigenvalue weighted by Gasteiger charge is 2.32. The molecule has 1 aliphatic heterocycles. The average molecular weight is 279 g/mol. The van der Waals surface area contributed by atoms with Crippen LogP contribution in [0.1, 0.15) is 25.3 Å². The average Bonchev–Trinajstić information content (AvgIpc) is 2.88. The Bertz CT molecular complexity index is 493. The molecule has 0 radical (unpaired) electrons. The topological polar surface area (TPSA) is 68.5 Å². The Labute approximate surface area is 117 Å². The molecule has 1 unspecified atom stereocenters. The molecule has 2 heterocycles.